The molecule has 2 N–H and O–H groups in total. The number of carbonyl (C=O) groups is 1. The first-order valence-corrected chi connectivity index (χ1v) is 5.65. The lowest BCUT2D eigenvalue weighted by atomic mass is 10.2. The Balaban J connectivity index is 2.30. The second-order valence-electron chi connectivity index (χ2n) is 4.03. The molecule has 0 saturated carbocycles. The summed E-state index contributed by atoms with van der Waals surface area (Å²) in [5, 5.41) is 0. The predicted octanol–water partition coefficient (Wildman–Crippen LogP) is -0.255. The second-order valence-corrected chi connectivity index (χ2v) is 4.03. The van der Waals surface area contributed by atoms with Crippen LogP contribution in [-0.2, 0) is 14.3 Å². The third-order valence-corrected chi connectivity index (χ3v) is 2.75. The summed E-state index contributed by atoms with van der Waals surface area (Å²) in [6, 6.07) is 1.30. The molecule has 2 rings (SSSR count). The first-order chi connectivity index (χ1) is 8.61. The molecule has 1 fully saturated rings. The summed E-state index contributed by atoms with van der Waals surface area (Å²) in [5.74, 6) is 0.475. The Morgan fingerprint density at radius 3 is 3.06 bits per heavy atom. The Labute approximate surface area is 105 Å². The number of rotatable bonds is 2. The van der Waals surface area contributed by atoms with Gasteiger partial charge in [0, 0.05) is 18.3 Å². The summed E-state index contributed by atoms with van der Waals surface area (Å²) < 4.78 is 10.1. The van der Waals surface area contributed by atoms with Crippen LogP contribution in [0.3, 0.4) is 0 Å². The molecule has 1 aromatic heterocycles. The minimum Gasteiger partial charge on any atom is -0.467 e. The van der Waals surface area contributed by atoms with Crippen LogP contribution in [0.15, 0.2) is 6.07 Å². The van der Waals surface area contributed by atoms with Gasteiger partial charge in [-0.3, -0.25) is 0 Å². The van der Waals surface area contributed by atoms with Gasteiger partial charge in [0.05, 0.1) is 20.3 Å². The molecule has 7 nitrogen and oxygen atoms in total. The molecular formula is C11H16N4O3. The van der Waals surface area contributed by atoms with Crippen LogP contribution in [0.2, 0.25) is 0 Å². The maximum atomic E-state index is 11.7. The zero-order chi connectivity index (χ0) is 13.1. The molecule has 0 aliphatic carbocycles. The van der Waals surface area contributed by atoms with E-state index in [-0.39, 0.29) is 18.5 Å². The molecule has 1 aliphatic heterocycles. The quantitative estimate of drug-likeness (QED) is 0.725. The number of nitrogen functional groups attached to an aromatic ring is 1. The van der Waals surface area contributed by atoms with Crippen molar-refractivity contribution in [2.75, 3.05) is 37.5 Å². The fourth-order valence-corrected chi connectivity index (χ4v) is 1.93. The summed E-state index contributed by atoms with van der Waals surface area (Å²) in [6.45, 7) is 3.22. The third-order valence-electron chi connectivity index (χ3n) is 2.75. The fourth-order valence-electron chi connectivity index (χ4n) is 1.93. The highest BCUT2D eigenvalue weighted by molar-refractivity contribution is 5.80. The van der Waals surface area contributed by atoms with Crippen molar-refractivity contribution >= 4 is 17.7 Å². The van der Waals surface area contributed by atoms with Gasteiger partial charge in [0.2, 0.25) is 5.95 Å². The summed E-state index contributed by atoms with van der Waals surface area (Å²) in [5.41, 5.74) is 6.38. The van der Waals surface area contributed by atoms with Gasteiger partial charge in [-0.2, -0.15) is 4.98 Å². The number of anilines is 2. The smallest absolute Gasteiger partial charge is 0.330 e. The lowest BCUT2D eigenvalue weighted by Gasteiger charge is -2.34. The molecular weight excluding hydrogens is 236 g/mol. The Morgan fingerprint density at radius 1 is 1.61 bits per heavy atom. The van der Waals surface area contributed by atoms with Gasteiger partial charge in [-0.1, -0.05) is 0 Å². The Bertz CT molecular complexity index is 432. The van der Waals surface area contributed by atoms with Crippen molar-refractivity contribution in [1.29, 1.82) is 0 Å². The lowest BCUT2D eigenvalue weighted by molar-refractivity contribution is -0.144. The molecule has 1 unspecified atom stereocenters. The van der Waals surface area contributed by atoms with Crippen molar-refractivity contribution in [1.82, 2.24) is 9.97 Å². The molecule has 0 amide bonds. The van der Waals surface area contributed by atoms with E-state index < -0.39 is 6.04 Å². The van der Waals surface area contributed by atoms with Gasteiger partial charge < -0.3 is 20.1 Å². The van der Waals surface area contributed by atoms with Crippen LogP contribution < -0.4 is 10.6 Å². The van der Waals surface area contributed by atoms with Crippen molar-refractivity contribution in [3.63, 3.8) is 0 Å². The Hall–Kier alpha value is -1.89. The highest BCUT2D eigenvalue weighted by atomic mass is 16.5. The monoisotopic (exact) mass is 252 g/mol. The molecule has 1 aromatic rings. The topological polar surface area (TPSA) is 90.6 Å². The average Bonchev–Trinajstić information content (AvgIpc) is 2.36. The van der Waals surface area contributed by atoms with E-state index in [1.165, 1.54) is 7.11 Å². The summed E-state index contributed by atoms with van der Waals surface area (Å²) >= 11 is 0. The molecule has 0 spiro atoms. The lowest BCUT2D eigenvalue weighted by Crippen LogP contribution is -2.51. The SMILES string of the molecule is COC(=O)C1COCCN1c1cc(C)nc(N)n1. The first-order valence-electron chi connectivity index (χ1n) is 5.65. The molecule has 0 bridgehead atoms. The number of aryl methyl sites for hydroxylation is 1. The van der Waals surface area contributed by atoms with E-state index in [0.717, 1.165) is 5.69 Å². The molecule has 0 radical (unpaired) electrons. The summed E-state index contributed by atoms with van der Waals surface area (Å²) in [7, 11) is 1.36. The van der Waals surface area contributed by atoms with Gasteiger partial charge >= 0.3 is 5.97 Å². The normalized spacial score (nSPS) is 19.7. The predicted molar refractivity (Wildman–Crippen MR) is 65.2 cm³/mol. The van der Waals surface area contributed by atoms with Crippen LogP contribution in [0.1, 0.15) is 5.69 Å². The number of methoxy groups -OCH3 is 1. The largest absolute Gasteiger partial charge is 0.467 e. The van der Waals surface area contributed by atoms with Crippen molar-refractivity contribution in [2.45, 2.75) is 13.0 Å². The molecule has 7 heteroatoms. The van der Waals surface area contributed by atoms with E-state index in [0.29, 0.717) is 19.0 Å². The number of ether oxygens (including phenoxy) is 2. The molecule has 1 atom stereocenters. The number of morpholine rings is 1. The molecule has 2 heterocycles. The summed E-state index contributed by atoms with van der Waals surface area (Å²) in [6.07, 6.45) is 0. The van der Waals surface area contributed by atoms with Crippen LogP contribution in [0.4, 0.5) is 11.8 Å². The van der Waals surface area contributed by atoms with Crippen LogP contribution in [0, 0.1) is 6.92 Å². The molecule has 1 aliphatic rings. The van der Waals surface area contributed by atoms with Gasteiger partial charge in [0.15, 0.2) is 6.04 Å². The standard InChI is InChI=1S/C11H16N4O3/c1-7-5-9(14-11(12)13-7)15-3-4-18-6-8(15)10(16)17-2/h5,8H,3-4,6H2,1-2H3,(H2,12,13,14). The molecule has 98 valence electrons. The van der Waals surface area contributed by atoms with Gasteiger partial charge in [0.25, 0.3) is 0 Å². The zero-order valence-corrected chi connectivity index (χ0v) is 10.4. The van der Waals surface area contributed by atoms with E-state index in [1.807, 2.05) is 11.8 Å². The fraction of sp³-hybridized carbons (Fsp3) is 0.545. The van der Waals surface area contributed by atoms with E-state index in [9.17, 15) is 4.79 Å². The van der Waals surface area contributed by atoms with Gasteiger partial charge in [-0.25, -0.2) is 9.78 Å². The second kappa shape index (κ2) is 5.18. The van der Waals surface area contributed by atoms with Crippen LogP contribution in [0.5, 0.6) is 0 Å². The van der Waals surface area contributed by atoms with Crippen LogP contribution >= 0.6 is 0 Å². The van der Waals surface area contributed by atoms with E-state index >= 15 is 0 Å². The number of aromatic nitrogens is 2. The van der Waals surface area contributed by atoms with Crippen LogP contribution in [0.25, 0.3) is 0 Å². The highest BCUT2D eigenvalue weighted by Crippen LogP contribution is 2.19. The minimum absolute atomic E-state index is 0.195. The van der Waals surface area contributed by atoms with E-state index in [2.05, 4.69) is 9.97 Å². The van der Waals surface area contributed by atoms with Gasteiger partial charge in [-0.15, -0.1) is 0 Å². The number of carbonyl (C=O) groups excluding carboxylic acids is 1. The molecule has 18 heavy (non-hydrogen) atoms. The van der Waals surface area contributed by atoms with Gasteiger partial charge in [0.1, 0.15) is 5.82 Å². The van der Waals surface area contributed by atoms with E-state index in [1.54, 1.807) is 6.07 Å². The van der Waals surface area contributed by atoms with E-state index in [4.69, 9.17) is 15.2 Å². The minimum atomic E-state index is -0.488. The number of esters is 1. The third kappa shape index (κ3) is 2.51. The van der Waals surface area contributed by atoms with Crippen molar-refractivity contribution in [3.05, 3.63) is 11.8 Å². The average molecular weight is 252 g/mol. The number of nitrogens with zero attached hydrogens (tertiary/aromatic N) is 3. The maximum absolute atomic E-state index is 11.7. The first kappa shape index (κ1) is 12.6. The Morgan fingerprint density at radius 2 is 2.39 bits per heavy atom. The number of hydrogen-bond donors (Lipinski definition) is 1. The Kier molecular flexibility index (Phi) is 3.61. The van der Waals surface area contributed by atoms with Crippen LogP contribution in [-0.4, -0.2) is 48.8 Å². The maximum Gasteiger partial charge on any atom is 0.330 e. The zero-order valence-electron chi connectivity index (χ0n) is 10.4. The molecule has 0 aromatic carbocycles. The van der Waals surface area contributed by atoms with Gasteiger partial charge in [-0.05, 0) is 6.92 Å². The van der Waals surface area contributed by atoms with Crippen molar-refractivity contribution in [2.24, 2.45) is 0 Å². The number of nitrogens with two attached hydrogens (primary N) is 1. The number of hydrogen-bond acceptors (Lipinski definition) is 7. The van der Waals surface area contributed by atoms with Crippen molar-refractivity contribution in [3.8, 4) is 0 Å². The molecule has 1 saturated heterocycles. The van der Waals surface area contributed by atoms with Crippen molar-refractivity contribution < 1.29 is 14.3 Å². The summed E-state index contributed by atoms with van der Waals surface area (Å²) in [4.78, 5) is 21.7. The highest BCUT2D eigenvalue weighted by Gasteiger charge is 2.31.